The van der Waals surface area contributed by atoms with Crippen molar-refractivity contribution in [1.82, 2.24) is 19.5 Å². The van der Waals surface area contributed by atoms with Crippen molar-refractivity contribution in [3.05, 3.63) is 41.4 Å². The lowest BCUT2D eigenvalue weighted by Gasteiger charge is -2.34. The number of hydrogen-bond donors (Lipinski definition) is 3. The minimum atomic E-state index is -1.25. The minimum Gasteiger partial charge on any atom is -0.394 e. The summed E-state index contributed by atoms with van der Waals surface area (Å²) in [5, 5.41) is 30.2. The summed E-state index contributed by atoms with van der Waals surface area (Å²) in [6.45, 7) is 1.72. The summed E-state index contributed by atoms with van der Waals surface area (Å²) in [7, 11) is 0. The van der Waals surface area contributed by atoms with E-state index in [0.29, 0.717) is 30.2 Å². The Morgan fingerprint density at radius 2 is 1.91 bits per heavy atom. The van der Waals surface area contributed by atoms with Crippen LogP contribution < -0.4 is 4.90 Å². The van der Waals surface area contributed by atoms with Crippen LogP contribution in [0.25, 0.3) is 11.2 Å². The Bertz CT molecular complexity index is 1200. The first-order chi connectivity index (χ1) is 16.0. The molecule has 1 spiro atoms. The molecule has 11 heteroatoms. The van der Waals surface area contributed by atoms with E-state index in [1.807, 2.05) is 6.07 Å². The van der Waals surface area contributed by atoms with Crippen molar-refractivity contribution in [2.75, 3.05) is 31.3 Å². The highest BCUT2D eigenvalue weighted by atomic mass is 35.5. The van der Waals surface area contributed by atoms with Gasteiger partial charge in [0.25, 0.3) is 0 Å². The first-order valence-corrected chi connectivity index (χ1v) is 11.4. The molecule has 3 N–H and O–H groups in total. The van der Waals surface area contributed by atoms with Crippen molar-refractivity contribution in [3.63, 3.8) is 0 Å². The summed E-state index contributed by atoms with van der Waals surface area (Å²) in [5.74, 6) is 0.575. The highest BCUT2D eigenvalue weighted by molar-refractivity contribution is 6.28. The number of para-hydroxylation sites is 1. The Kier molecular flexibility index (Phi) is 5.05. The summed E-state index contributed by atoms with van der Waals surface area (Å²) in [6.07, 6.45) is -1.03. The third kappa shape index (κ3) is 3.17. The molecule has 0 unspecified atom stereocenters. The predicted octanol–water partition coefficient (Wildman–Crippen LogP) is 1.29. The molecule has 3 aromatic rings. The van der Waals surface area contributed by atoms with Gasteiger partial charge >= 0.3 is 0 Å². The van der Waals surface area contributed by atoms with Crippen LogP contribution >= 0.6 is 11.6 Å². The summed E-state index contributed by atoms with van der Waals surface area (Å²) in [6, 6.07) is 8.29. The quantitative estimate of drug-likeness (QED) is 0.482. The zero-order valence-electron chi connectivity index (χ0n) is 17.7. The number of fused-ring (bicyclic) bond motifs is 3. The van der Waals surface area contributed by atoms with E-state index in [1.54, 1.807) is 0 Å². The van der Waals surface area contributed by atoms with E-state index in [9.17, 15) is 15.3 Å². The first-order valence-electron chi connectivity index (χ1n) is 11.0. The highest BCUT2D eigenvalue weighted by Crippen LogP contribution is 2.50. The van der Waals surface area contributed by atoms with E-state index in [4.69, 9.17) is 21.1 Å². The highest BCUT2D eigenvalue weighted by Gasteiger charge is 2.46. The fraction of sp³-hybridized carbons (Fsp3) is 0.500. The molecule has 10 nitrogen and oxygen atoms in total. The average molecular weight is 474 g/mol. The van der Waals surface area contributed by atoms with E-state index in [2.05, 4.69) is 38.1 Å². The first kappa shape index (κ1) is 21.2. The molecule has 2 fully saturated rings. The Hall–Kier alpha value is -2.34. The van der Waals surface area contributed by atoms with Crippen LogP contribution in [0, 0.1) is 0 Å². The number of aliphatic hydroxyl groups is 3. The second kappa shape index (κ2) is 7.86. The molecule has 4 atom stereocenters. The van der Waals surface area contributed by atoms with Gasteiger partial charge in [0.1, 0.15) is 18.3 Å². The number of anilines is 2. The van der Waals surface area contributed by atoms with Crippen LogP contribution in [-0.2, 0) is 14.9 Å². The van der Waals surface area contributed by atoms with Gasteiger partial charge < -0.3 is 29.7 Å². The molecule has 0 amide bonds. The van der Waals surface area contributed by atoms with Crippen molar-refractivity contribution in [1.29, 1.82) is 0 Å². The Morgan fingerprint density at radius 3 is 2.67 bits per heavy atom. The molecule has 2 aromatic heterocycles. The lowest BCUT2D eigenvalue weighted by atomic mass is 9.76. The molecule has 174 valence electrons. The topological polar surface area (TPSA) is 126 Å². The lowest BCUT2D eigenvalue weighted by Crippen LogP contribution is -2.37. The molecular formula is C22H24ClN5O5. The zero-order chi connectivity index (χ0) is 22.7. The summed E-state index contributed by atoms with van der Waals surface area (Å²) < 4.78 is 12.9. The predicted molar refractivity (Wildman–Crippen MR) is 119 cm³/mol. The van der Waals surface area contributed by atoms with Gasteiger partial charge in [0.15, 0.2) is 23.2 Å². The molecule has 1 aromatic carbocycles. The van der Waals surface area contributed by atoms with Gasteiger partial charge in [-0.05, 0) is 36.1 Å². The maximum Gasteiger partial charge on any atom is 0.226 e. The van der Waals surface area contributed by atoms with Crippen LogP contribution in [0.5, 0.6) is 0 Å². The molecule has 3 aliphatic rings. The molecule has 3 aliphatic heterocycles. The molecule has 5 heterocycles. The molecule has 0 radical (unpaired) electrons. The normalized spacial score (nSPS) is 28.7. The summed E-state index contributed by atoms with van der Waals surface area (Å²) in [4.78, 5) is 15.6. The van der Waals surface area contributed by atoms with Gasteiger partial charge in [0.2, 0.25) is 5.28 Å². The van der Waals surface area contributed by atoms with E-state index in [0.717, 1.165) is 25.1 Å². The number of rotatable bonds is 3. The molecular weight excluding hydrogens is 450 g/mol. The van der Waals surface area contributed by atoms with Gasteiger partial charge in [-0.25, -0.2) is 4.98 Å². The maximum atomic E-state index is 10.5. The number of hydrogen-bond acceptors (Lipinski definition) is 9. The van der Waals surface area contributed by atoms with Gasteiger partial charge in [-0.15, -0.1) is 0 Å². The van der Waals surface area contributed by atoms with E-state index >= 15 is 0 Å². The van der Waals surface area contributed by atoms with E-state index < -0.39 is 31.1 Å². The smallest absolute Gasteiger partial charge is 0.226 e. The second-order valence-corrected chi connectivity index (χ2v) is 9.20. The lowest BCUT2D eigenvalue weighted by molar-refractivity contribution is -0.0511. The zero-order valence-corrected chi connectivity index (χ0v) is 18.5. The van der Waals surface area contributed by atoms with Crippen LogP contribution in [0.3, 0.4) is 0 Å². The van der Waals surface area contributed by atoms with E-state index in [1.165, 1.54) is 16.5 Å². The van der Waals surface area contributed by atoms with Crippen molar-refractivity contribution >= 4 is 34.3 Å². The fourth-order valence-corrected chi connectivity index (χ4v) is 5.53. The number of aliphatic hydroxyl groups excluding tert-OH is 3. The Morgan fingerprint density at radius 1 is 1.12 bits per heavy atom. The van der Waals surface area contributed by atoms with Gasteiger partial charge in [0, 0.05) is 30.9 Å². The van der Waals surface area contributed by atoms with Crippen LogP contribution in [0.4, 0.5) is 11.5 Å². The van der Waals surface area contributed by atoms with Crippen molar-refractivity contribution in [3.8, 4) is 0 Å². The number of imidazole rings is 1. The van der Waals surface area contributed by atoms with Crippen LogP contribution in [0.2, 0.25) is 5.28 Å². The van der Waals surface area contributed by atoms with Crippen molar-refractivity contribution in [2.24, 2.45) is 0 Å². The van der Waals surface area contributed by atoms with Crippen LogP contribution in [0.1, 0.15) is 24.6 Å². The molecule has 2 saturated heterocycles. The number of aromatic nitrogens is 4. The third-order valence-corrected chi connectivity index (χ3v) is 7.27. The Balaban J connectivity index is 1.46. The number of nitrogens with zero attached hydrogens (tertiary/aromatic N) is 5. The van der Waals surface area contributed by atoms with Gasteiger partial charge in [-0.3, -0.25) is 4.57 Å². The number of halogens is 1. The monoisotopic (exact) mass is 473 g/mol. The van der Waals surface area contributed by atoms with Gasteiger partial charge in [-0.2, -0.15) is 9.97 Å². The van der Waals surface area contributed by atoms with Crippen LogP contribution in [0.15, 0.2) is 30.6 Å². The second-order valence-electron chi connectivity index (χ2n) is 8.87. The number of ether oxygens (including phenoxy) is 2. The SMILES string of the molecule is OC[C@H]1O[C@@H](n2cnc3c(N4CC5(CCOCC5)c5ccccc54)nc(Cl)nc32)[C@H](O)[C@@H]1O. The Labute approximate surface area is 194 Å². The largest absolute Gasteiger partial charge is 0.394 e. The third-order valence-electron chi connectivity index (χ3n) is 7.10. The molecule has 33 heavy (non-hydrogen) atoms. The number of benzene rings is 1. The van der Waals surface area contributed by atoms with Crippen molar-refractivity contribution in [2.45, 2.75) is 42.8 Å². The summed E-state index contributed by atoms with van der Waals surface area (Å²) in [5.41, 5.74) is 3.17. The molecule has 0 saturated carbocycles. The van der Waals surface area contributed by atoms with Gasteiger partial charge in [0.05, 0.1) is 12.9 Å². The van der Waals surface area contributed by atoms with E-state index in [-0.39, 0.29) is 10.7 Å². The van der Waals surface area contributed by atoms with Crippen LogP contribution in [-0.4, -0.2) is 79.5 Å². The van der Waals surface area contributed by atoms with Crippen molar-refractivity contribution < 1.29 is 24.8 Å². The maximum absolute atomic E-state index is 10.5. The molecule has 0 aliphatic carbocycles. The molecule has 0 bridgehead atoms. The van der Waals surface area contributed by atoms with Gasteiger partial charge in [-0.1, -0.05) is 18.2 Å². The fourth-order valence-electron chi connectivity index (χ4n) is 5.37. The average Bonchev–Trinajstić information content (AvgIpc) is 3.47. The minimum absolute atomic E-state index is 0.0373. The summed E-state index contributed by atoms with van der Waals surface area (Å²) >= 11 is 6.36. The standard InChI is InChI=1S/C22H24ClN5O5/c23-21-25-18(27-10-22(5-7-32-8-6-22)12-3-1-2-4-13(12)27)15-19(26-21)28(11-24-15)20-17(31)16(30)14(9-29)33-20/h1-4,11,14,16-17,20,29-31H,5-10H2/t14-,16-,17-,20-/m1/s1. The molecule has 6 rings (SSSR count).